The monoisotopic (exact) mass is 236 g/mol. The van der Waals surface area contributed by atoms with Gasteiger partial charge in [-0.05, 0) is 12.3 Å². The van der Waals surface area contributed by atoms with Crippen LogP contribution in [0, 0.1) is 5.92 Å². The Morgan fingerprint density at radius 2 is 2.47 bits per heavy atom. The molecule has 2 unspecified atom stereocenters. The van der Waals surface area contributed by atoms with Gasteiger partial charge in [0.2, 0.25) is 0 Å². The van der Waals surface area contributed by atoms with E-state index >= 15 is 0 Å². The summed E-state index contributed by atoms with van der Waals surface area (Å²) >= 11 is 0. The minimum atomic E-state index is -0.171. The van der Waals surface area contributed by atoms with Crippen LogP contribution in [0.15, 0.2) is 18.6 Å². The number of hydrazine groups is 1. The maximum Gasteiger partial charge on any atom is 0.305 e. The largest absolute Gasteiger partial charge is 0.469 e. The molecule has 0 spiro atoms. The van der Waals surface area contributed by atoms with E-state index < -0.39 is 0 Å². The van der Waals surface area contributed by atoms with E-state index in [-0.39, 0.29) is 12.0 Å². The molecule has 0 aromatic carbocycles. The first-order chi connectivity index (χ1) is 8.31. The smallest absolute Gasteiger partial charge is 0.305 e. The van der Waals surface area contributed by atoms with Crippen molar-refractivity contribution in [1.82, 2.24) is 20.8 Å². The van der Waals surface area contributed by atoms with Crippen LogP contribution in [0.25, 0.3) is 0 Å². The van der Waals surface area contributed by atoms with E-state index in [1.54, 1.807) is 18.6 Å². The van der Waals surface area contributed by atoms with Crippen LogP contribution < -0.4 is 10.9 Å². The summed E-state index contributed by atoms with van der Waals surface area (Å²) in [5.41, 5.74) is 7.15. The van der Waals surface area contributed by atoms with Gasteiger partial charge in [-0.1, -0.05) is 0 Å². The summed E-state index contributed by atoms with van der Waals surface area (Å²) < 4.78 is 4.64. The summed E-state index contributed by atoms with van der Waals surface area (Å²) in [7, 11) is 1.41. The van der Waals surface area contributed by atoms with Gasteiger partial charge in [0.15, 0.2) is 0 Å². The lowest BCUT2D eigenvalue weighted by Crippen LogP contribution is -2.25. The number of methoxy groups -OCH3 is 1. The molecule has 1 aromatic heterocycles. The van der Waals surface area contributed by atoms with Gasteiger partial charge in [-0.3, -0.25) is 20.2 Å². The van der Waals surface area contributed by atoms with E-state index in [0.717, 1.165) is 18.7 Å². The van der Waals surface area contributed by atoms with Crippen LogP contribution in [0.2, 0.25) is 0 Å². The van der Waals surface area contributed by atoms with E-state index in [1.165, 1.54) is 7.11 Å². The van der Waals surface area contributed by atoms with Gasteiger partial charge in [-0.15, -0.1) is 0 Å². The third-order valence-electron chi connectivity index (χ3n) is 2.94. The normalized spacial score (nSPS) is 23.6. The Balaban J connectivity index is 1.96. The van der Waals surface area contributed by atoms with Crippen molar-refractivity contribution in [2.24, 2.45) is 5.92 Å². The lowest BCUT2D eigenvalue weighted by atomic mass is 9.94. The van der Waals surface area contributed by atoms with Gasteiger partial charge in [-0.2, -0.15) is 0 Å². The van der Waals surface area contributed by atoms with Crippen molar-refractivity contribution in [3.63, 3.8) is 0 Å². The van der Waals surface area contributed by atoms with E-state index in [2.05, 4.69) is 25.6 Å². The molecular formula is C11H16N4O2. The summed E-state index contributed by atoms with van der Waals surface area (Å²) in [6.45, 7) is 0.818. The minimum absolute atomic E-state index is 0.105. The molecule has 6 heteroatoms. The quantitative estimate of drug-likeness (QED) is 0.727. The minimum Gasteiger partial charge on any atom is -0.469 e. The summed E-state index contributed by atoms with van der Waals surface area (Å²) in [5.74, 6) is 0.153. The molecule has 1 saturated heterocycles. The Labute approximate surface area is 99.8 Å². The number of carbonyl (C=O) groups is 1. The van der Waals surface area contributed by atoms with Gasteiger partial charge in [-0.25, -0.2) is 5.43 Å². The van der Waals surface area contributed by atoms with Crippen LogP contribution >= 0.6 is 0 Å². The second-order valence-corrected chi connectivity index (χ2v) is 4.01. The SMILES string of the molecule is COC(=O)CCC1CNNC1c1cnccn1. The van der Waals surface area contributed by atoms with Crippen molar-refractivity contribution >= 4 is 5.97 Å². The first kappa shape index (κ1) is 11.9. The number of hydrogen-bond acceptors (Lipinski definition) is 6. The van der Waals surface area contributed by atoms with Crippen LogP contribution in [0.1, 0.15) is 24.6 Å². The molecule has 1 aliphatic heterocycles. The number of hydrogen-bond donors (Lipinski definition) is 2. The number of rotatable bonds is 4. The van der Waals surface area contributed by atoms with Crippen molar-refractivity contribution in [3.05, 3.63) is 24.3 Å². The standard InChI is InChI=1S/C11H16N4O2/c1-17-10(16)3-2-8-6-14-15-11(8)9-7-12-4-5-13-9/h4-5,7-8,11,14-15H,2-3,6H2,1H3. The van der Waals surface area contributed by atoms with Crippen LogP contribution in [0.4, 0.5) is 0 Å². The van der Waals surface area contributed by atoms with E-state index in [9.17, 15) is 4.79 Å². The van der Waals surface area contributed by atoms with Crippen LogP contribution in [0.5, 0.6) is 0 Å². The molecule has 6 nitrogen and oxygen atoms in total. The maximum atomic E-state index is 11.1. The van der Waals surface area contributed by atoms with Gasteiger partial charge in [0.05, 0.1) is 25.0 Å². The molecule has 17 heavy (non-hydrogen) atoms. The van der Waals surface area contributed by atoms with Gasteiger partial charge in [0.25, 0.3) is 0 Å². The molecule has 0 bridgehead atoms. The number of ether oxygens (including phenoxy) is 1. The molecule has 2 N–H and O–H groups in total. The summed E-state index contributed by atoms with van der Waals surface area (Å²) in [6, 6.07) is 0.105. The molecular weight excluding hydrogens is 220 g/mol. The third-order valence-corrected chi connectivity index (χ3v) is 2.94. The average molecular weight is 236 g/mol. The molecule has 2 rings (SSSR count). The van der Waals surface area contributed by atoms with E-state index in [1.807, 2.05) is 0 Å². The molecule has 1 aromatic rings. The fourth-order valence-electron chi connectivity index (χ4n) is 2.00. The summed E-state index contributed by atoms with van der Waals surface area (Å²) in [4.78, 5) is 19.5. The Hall–Kier alpha value is -1.53. The predicted octanol–water partition coefficient (Wildman–Crippen LogP) is 0.195. The lowest BCUT2D eigenvalue weighted by molar-refractivity contribution is -0.140. The van der Waals surface area contributed by atoms with Crippen LogP contribution in [-0.2, 0) is 9.53 Å². The Kier molecular flexibility index (Phi) is 4.00. The van der Waals surface area contributed by atoms with Crippen molar-refractivity contribution < 1.29 is 9.53 Å². The van der Waals surface area contributed by atoms with Crippen molar-refractivity contribution in [2.45, 2.75) is 18.9 Å². The second-order valence-electron chi connectivity index (χ2n) is 4.01. The molecule has 2 atom stereocenters. The molecule has 1 fully saturated rings. The van der Waals surface area contributed by atoms with Crippen molar-refractivity contribution in [2.75, 3.05) is 13.7 Å². The van der Waals surface area contributed by atoms with E-state index in [4.69, 9.17) is 0 Å². The fourth-order valence-corrected chi connectivity index (χ4v) is 2.00. The van der Waals surface area contributed by atoms with Crippen molar-refractivity contribution in [1.29, 1.82) is 0 Å². The zero-order chi connectivity index (χ0) is 12.1. The van der Waals surface area contributed by atoms with Gasteiger partial charge >= 0.3 is 5.97 Å². The first-order valence-corrected chi connectivity index (χ1v) is 5.62. The Morgan fingerprint density at radius 3 is 3.18 bits per heavy atom. The summed E-state index contributed by atoms with van der Waals surface area (Å²) in [6.07, 6.45) is 6.27. The molecule has 0 saturated carbocycles. The van der Waals surface area contributed by atoms with Gasteiger partial charge < -0.3 is 4.74 Å². The Morgan fingerprint density at radius 1 is 1.59 bits per heavy atom. The van der Waals surface area contributed by atoms with Gasteiger partial charge in [0.1, 0.15) is 0 Å². The zero-order valence-electron chi connectivity index (χ0n) is 9.72. The highest BCUT2D eigenvalue weighted by Gasteiger charge is 2.29. The number of esters is 1. The third kappa shape index (κ3) is 2.98. The lowest BCUT2D eigenvalue weighted by Gasteiger charge is -2.16. The molecule has 92 valence electrons. The van der Waals surface area contributed by atoms with Crippen LogP contribution in [-0.4, -0.2) is 29.6 Å². The molecule has 1 aliphatic rings. The molecule has 2 heterocycles. The molecule has 0 radical (unpaired) electrons. The maximum absolute atomic E-state index is 11.1. The fraction of sp³-hybridized carbons (Fsp3) is 0.545. The number of nitrogens with zero attached hydrogens (tertiary/aromatic N) is 2. The Bertz CT molecular complexity index is 371. The van der Waals surface area contributed by atoms with E-state index in [0.29, 0.717) is 12.3 Å². The van der Waals surface area contributed by atoms with Crippen LogP contribution in [0.3, 0.4) is 0 Å². The first-order valence-electron chi connectivity index (χ1n) is 5.62. The summed E-state index contributed by atoms with van der Waals surface area (Å²) in [5, 5.41) is 0. The van der Waals surface area contributed by atoms with Crippen molar-refractivity contribution in [3.8, 4) is 0 Å². The number of nitrogens with one attached hydrogen (secondary N) is 2. The molecule has 0 aliphatic carbocycles. The zero-order valence-corrected chi connectivity index (χ0v) is 9.72. The van der Waals surface area contributed by atoms with Gasteiger partial charge in [0, 0.05) is 25.4 Å². The highest BCUT2D eigenvalue weighted by atomic mass is 16.5. The topological polar surface area (TPSA) is 76.1 Å². The predicted molar refractivity (Wildman–Crippen MR) is 60.7 cm³/mol. The average Bonchev–Trinajstić information content (AvgIpc) is 2.85. The highest BCUT2D eigenvalue weighted by molar-refractivity contribution is 5.69. The second kappa shape index (κ2) is 5.70. The number of carbonyl (C=O) groups excluding carboxylic acids is 1. The molecule has 0 amide bonds. The highest BCUT2D eigenvalue weighted by Crippen LogP contribution is 2.26. The number of aromatic nitrogens is 2.